The number of ether oxygens (including phenoxy) is 2. The average molecular weight is 231 g/mol. The molecule has 94 valence electrons. The van der Waals surface area contributed by atoms with Crippen LogP contribution in [0.5, 0.6) is 0 Å². The highest BCUT2D eigenvalue weighted by molar-refractivity contribution is 5.75. The molecule has 16 heavy (non-hydrogen) atoms. The van der Waals surface area contributed by atoms with Gasteiger partial charge in [0.25, 0.3) is 0 Å². The average Bonchev–Trinajstić information content (AvgIpc) is 2.28. The largest absolute Gasteiger partial charge is 0.468 e. The molecule has 5 heteroatoms. The van der Waals surface area contributed by atoms with Crippen molar-refractivity contribution in [3.05, 3.63) is 0 Å². The van der Waals surface area contributed by atoms with Gasteiger partial charge in [0, 0.05) is 6.42 Å². The van der Waals surface area contributed by atoms with Crippen LogP contribution in [0.25, 0.3) is 0 Å². The van der Waals surface area contributed by atoms with Crippen LogP contribution < -0.4 is 5.32 Å². The first-order chi connectivity index (χ1) is 7.65. The molecule has 0 saturated carbocycles. The van der Waals surface area contributed by atoms with Crippen LogP contribution in [0.4, 0.5) is 0 Å². The molecule has 0 radical (unpaired) electrons. The lowest BCUT2D eigenvalue weighted by Gasteiger charge is -2.13. The van der Waals surface area contributed by atoms with Crippen LogP contribution in [0.2, 0.25) is 0 Å². The molecule has 0 aliphatic rings. The number of carbonyl (C=O) groups is 2. The third kappa shape index (κ3) is 6.40. The van der Waals surface area contributed by atoms with E-state index in [9.17, 15) is 9.59 Å². The van der Waals surface area contributed by atoms with Gasteiger partial charge in [-0.15, -0.1) is 0 Å². The second-order valence-electron chi connectivity index (χ2n) is 3.35. The highest BCUT2D eigenvalue weighted by Crippen LogP contribution is 1.96. The van der Waals surface area contributed by atoms with E-state index in [0.29, 0.717) is 32.4 Å². The molecule has 0 aromatic rings. The molecule has 0 heterocycles. The van der Waals surface area contributed by atoms with Crippen molar-refractivity contribution in [3.63, 3.8) is 0 Å². The summed E-state index contributed by atoms with van der Waals surface area (Å²) in [5.74, 6) is -0.464. The molecule has 0 spiro atoms. The number of hydrogen-bond donors (Lipinski definition) is 1. The summed E-state index contributed by atoms with van der Waals surface area (Å²) in [6.07, 6.45) is 1.71. The fraction of sp³-hybridized carbons (Fsp3) is 0.818. The summed E-state index contributed by atoms with van der Waals surface area (Å²) >= 11 is 0. The number of hydrogen-bond acceptors (Lipinski definition) is 5. The van der Waals surface area contributed by atoms with Crippen molar-refractivity contribution in [1.29, 1.82) is 0 Å². The Labute approximate surface area is 96.5 Å². The van der Waals surface area contributed by atoms with Gasteiger partial charge in [-0.3, -0.25) is 9.59 Å². The van der Waals surface area contributed by atoms with Gasteiger partial charge in [-0.2, -0.15) is 0 Å². The van der Waals surface area contributed by atoms with Crippen LogP contribution in [-0.2, 0) is 19.1 Å². The highest BCUT2D eigenvalue weighted by atomic mass is 16.5. The van der Waals surface area contributed by atoms with Gasteiger partial charge >= 0.3 is 11.9 Å². The molecule has 5 nitrogen and oxygen atoms in total. The molecular formula is C11H21NO4. The first kappa shape index (κ1) is 14.9. The SMILES string of the molecule is CCOC(=O)CCCNC(CC)C(=O)OC. The van der Waals surface area contributed by atoms with Gasteiger partial charge in [0.1, 0.15) is 6.04 Å². The summed E-state index contributed by atoms with van der Waals surface area (Å²) in [5.41, 5.74) is 0. The van der Waals surface area contributed by atoms with E-state index in [-0.39, 0.29) is 18.0 Å². The van der Waals surface area contributed by atoms with E-state index in [0.717, 1.165) is 0 Å². The Kier molecular flexibility index (Phi) is 8.52. The number of methoxy groups -OCH3 is 1. The van der Waals surface area contributed by atoms with Crippen molar-refractivity contribution in [3.8, 4) is 0 Å². The second-order valence-corrected chi connectivity index (χ2v) is 3.35. The van der Waals surface area contributed by atoms with Crippen LogP contribution in [0.3, 0.4) is 0 Å². The lowest BCUT2D eigenvalue weighted by Crippen LogP contribution is -2.37. The van der Waals surface area contributed by atoms with Crippen molar-refractivity contribution in [2.45, 2.75) is 39.2 Å². The summed E-state index contributed by atoms with van der Waals surface area (Å²) in [7, 11) is 1.37. The molecule has 0 aliphatic heterocycles. The topological polar surface area (TPSA) is 64.6 Å². The maximum Gasteiger partial charge on any atom is 0.322 e. The molecule has 0 saturated heterocycles. The van der Waals surface area contributed by atoms with Crippen LogP contribution in [-0.4, -0.2) is 38.2 Å². The van der Waals surface area contributed by atoms with Gasteiger partial charge in [0.05, 0.1) is 13.7 Å². The Hall–Kier alpha value is -1.10. The van der Waals surface area contributed by atoms with E-state index >= 15 is 0 Å². The highest BCUT2D eigenvalue weighted by Gasteiger charge is 2.15. The molecule has 0 bridgehead atoms. The van der Waals surface area contributed by atoms with Gasteiger partial charge in [-0.25, -0.2) is 0 Å². The van der Waals surface area contributed by atoms with E-state index in [2.05, 4.69) is 10.1 Å². The van der Waals surface area contributed by atoms with Crippen molar-refractivity contribution < 1.29 is 19.1 Å². The van der Waals surface area contributed by atoms with E-state index < -0.39 is 0 Å². The van der Waals surface area contributed by atoms with Crippen molar-refractivity contribution in [2.75, 3.05) is 20.3 Å². The number of nitrogens with one attached hydrogen (secondary N) is 1. The third-order valence-electron chi connectivity index (χ3n) is 2.15. The molecule has 0 amide bonds. The Morgan fingerprint density at radius 2 is 2.00 bits per heavy atom. The lowest BCUT2D eigenvalue weighted by molar-refractivity contribution is -0.143. The summed E-state index contributed by atoms with van der Waals surface area (Å²) in [6, 6.07) is -0.285. The van der Waals surface area contributed by atoms with Gasteiger partial charge in [0.15, 0.2) is 0 Å². The number of rotatable bonds is 8. The standard InChI is InChI=1S/C11H21NO4/c1-4-9(11(14)15-3)12-8-6-7-10(13)16-5-2/h9,12H,4-8H2,1-3H3. The predicted octanol–water partition coefficient (Wildman–Crippen LogP) is 0.871. The lowest BCUT2D eigenvalue weighted by atomic mass is 10.2. The Balaban J connectivity index is 3.63. The maximum atomic E-state index is 11.2. The summed E-state index contributed by atoms with van der Waals surface area (Å²) in [6.45, 7) is 4.69. The first-order valence-corrected chi connectivity index (χ1v) is 5.62. The normalized spacial score (nSPS) is 11.9. The minimum atomic E-state index is -0.285. The quantitative estimate of drug-likeness (QED) is 0.496. The Bertz CT molecular complexity index is 218. The van der Waals surface area contributed by atoms with Crippen LogP contribution >= 0.6 is 0 Å². The van der Waals surface area contributed by atoms with Crippen molar-refractivity contribution in [2.24, 2.45) is 0 Å². The van der Waals surface area contributed by atoms with Crippen LogP contribution in [0.15, 0.2) is 0 Å². The molecule has 1 N–H and O–H groups in total. The van der Waals surface area contributed by atoms with Gasteiger partial charge in [0.2, 0.25) is 0 Å². The zero-order valence-electron chi connectivity index (χ0n) is 10.2. The van der Waals surface area contributed by atoms with Crippen LogP contribution in [0.1, 0.15) is 33.1 Å². The van der Waals surface area contributed by atoms with E-state index in [1.807, 2.05) is 6.92 Å². The van der Waals surface area contributed by atoms with E-state index in [1.54, 1.807) is 6.92 Å². The van der Waals surface area contributed by atoms with Gasteiger partial charge in [-0.1, -0.05) is 6.92 Å². The minimum absolute atomic E-state index is 0.199. The third-order valence-corrected chi connectivity index (χ3v) is 2.15. The number of carbonyl (C=O) groups excluding carboxylic acids is 2. The van der Waals surface area contributed by atoms with Gasteiger partial charge in [-0.05, 0) is 26.3 Å². The molecule has 0 aromatic carbocycles. The molecule has 0 aromatic heterocycles. The Morgan fingerprint density at radius 1 is 1.31 bits per heavy atom. The first-order valence-electron chi connectivity index (χ1n) is 5.62. The summed E-state index contributed by atoms with van der Waals surface area (Å²) in [5, 5.41) is 3.04. The van der Waals surface area contributed by atoms with Crippen molar-refractivity contribution in [1.82, 2.24) is 5.32 Å². The smallest absolute Gasteiger partial charge is 0.322 e. The molecular weight excluding hydrogens is 210 g/mol. The summed E-state index contributed by atoms with van der Waals surface area (Å²) in [4.78, 5) is 22.2. The second kappa shape index (κ2) is 9.15. The molecule has 1 atom stereocenters. The predicted molar refractivity (Wildman–Crippen MR) is 60.0 cm³/mol. The van der Waals surface area contributed by atoms with Crippen LogP contribution in [0, 0.1) is 0 Å². The molecule has 1 unspecified atom stereocenters. The van der Waals surface area contributed by atoms with Crippen molar-refractivity contribution >= 4 is 11.9 Å². The monoisotopic (exact) mass is 231 g/mol. The molecule has 0 rings (SSSR count). The maximum absolute atomic E-state index is 11.2. The zero-order valence-corrected chi connectivity index (χ0v) is 10.2. The number of esters is 2. The molecule has 0 fully saturated rings. The van der Waals surface area contributed by atoms with Gasteiger partial charge < -0.3 is 14.8 Å². The zero-order chi connectivity index (χ0) is 12.4. The fourth-order valence-electron chi connectivity index (χ4n) is 1.28. The fourth-order valence-corrected chi connectivity index (χ4v) is 1.28. The van der Waals surface area contributed by atoms with E-state index in [4.69, 9.17) is 4.74 Å². The molecule has 0 aliphatic carbocycles. The van der Waals surface area contributed by atoms with E-state index in [1.165, 1.54) is 7.11 Å². The Morgan fingerprint density at radius 3 is 2.50 bits per heavy atom. The minimum Gasteiger partial charge on any atom is -0.468 e. The summed E-state index contributed by atoms with van der Waals surface area (Å²) < 4.78 is 9.41.